The predicted molar refractivity (Wildman–Crippen MR) is 222 cm³/mol. The average Bonchev–Trinajstić information content (AvgIpc) is 3.28. The maximum Gasteiger partial charge on any atom is 0.193 e. The van der Waals surface area contributed by atoms with Crippen LogP contribution >= 0.6 is 0 Å². The Labute approximate surface area is 335 Å². The number of hydrogen-bond acceptors (Lipinski definition) is 7. The molecule has 8 aromatic rings. The van der Waals surface area contributed by atoms with E-state index in [0.717, 1.165) is 11.5 Å². The second-order valence-electron chi connectivity index (χ2n) is 13.2. The second-order valence-corrected chi connectivity index (χ2v) is 13.2. The smallest absolute Gasteiger partial charge is 0.193 e. The normalized spacial score (nSPS) is 10.6. The molecule has 0 saturated heterocycles. The highest BCUT2D eigenvalue weighted by Crippen LogP contribution is 2.28. The van der Waals surface area contributed by atoms with Crippen LogP contribution in [0, 0.1) is 0 Å². The van der Waals surface area contributed by atoms with Crippen LogP contribution in [0.25, 0.3) is 0 Å². The van der Waals surface area contributed by atoms with Crippen molar-refractivity contribution in [3.8, 4) is 46.0 Å². The molecule has 0 spiro atoms. The largest absolute Gasteiger partial charge is 0.457 e. The first kappa shape index (κ1) is 36.9. The first-order valence-corrected chi connectivity index (χ1v) is 18.5. The SMILES string of the molecule is O=C(c1ccc(Oc2ccccc2)cc1)c1ccc(Oc2ccc(C(=O)c3ccc(Oc4ccc(C(=O)c5ccc(Oc6ccccc6)cc5)cc4)cc3)cc2)cc1. The van der Waals surface area contributed by atoms with E-state index in [1.54, 1.807) is 146 Å². The molecule has 280 valence electrons. The maximum absolute atomic E-state index is 13.3. The van der Waals surface area contributed by atoms with Gasteiger partial charge in [0.1, 0.15) is 46.0 Å². The highest BCUT2D eigenvalue weighted by molar-refractivity contribution is 6.10. The van der Waals surface area contributed by atoms with E-state index in [4.69, 9.17) is 18.9 Å². The van der Waals surface area contributed by atoms with Gasteiger partial charge in [0.25, 0.3) is 0 Å². The number of rotatable bonds is 14. The minimum Gasteiger partial charge on any atom is -0.457 e. The van der Waals surface area contributed by atoms with Crippen LogP contribution in [-0.4, -0.2) is 17.3 Å². The van der Waals surface area contributed by atoms with Gasteiger partial charge in [-0.15, -0.1) is 0 Å². The van der Waals surface area contributed by atoms with Gasteiger partial charge in [-0.2, -0.15) is 0 Å². The van der Waals surface area contributed by atoms with E-state index in [0.29, 0.717) is 67.9 Å². The molecule has 0 fully saturated rings. The Bertz CT molecular complexity index is 2450. The van der Waals surface area contributed by atoms with Crippen LogP contribution in [0.15, 0.2) is 206 Å². The fraction of sp³-hybridized carbons (Fsp3) is 0. The van der Waals surface area contributed by atoms with Crippen LogP contribution < -0.4 is 18.9 Å². The van der Waals surface area contributed by atoms with E-state index in [1.165, 1.54) is 0 Å². The summed E-state index contributed by atoms with van der Waals surface area (Å²) in [6, 6.07) is 60.5. The molecule has 7 heteroatoms. The number of carbonyl (C=O) groups is 3. The van der Waals surface area contributed by atoms with Crippen molar-refractivity contribution in [1.82, 2.24) is 0 Å². The van der Waals surface area contributed by atoms with Gasteiger partial charge in [-0.05, 0) is 170 Å². The number of ketones is 3. The monoisotopic (exact) mass is 758 g/mol. The molecule has 8 aromatic carbocycles. The van der Waals surface area contributed by atoms with Crippen molar-refractivity contribution in [2.24, 2.45) is 0 Å². The first-order valence-electron chi connectivity index (χ1n) is 18.5. The highest BCUT2D eigenvalue weighted by Gasteiger charge is 2.14. The zero-order chi connectivity index (χ0) is 39.7. The fourth-order valence-corrected chi connectivity index (χ4v) is 6.07. The van der Waals surface area contributed by atoms with Gasteiger partial charge in [0.2, 0.25) is 0 Å². The summed E-state index contributed by atoms with van der Waals surface area (Å²) in [5, 5.41) is 0. The number of para-hydroxylation sites is 2. The third-order valence-electron chi connectivity index (χ3n) is 9.13. The van der Waals surface area contributed by atoms with Crippen LogP contribution in [0.2, 0.25) is 0 Å². The Morgan fingerprint density at radius 3 is 0.534 bits per heavy atom. The number of hydrogen-bond donors (Lipinski definition) is 0. The number of carbonyl (C=O) groups excluding carboxylic acids is 3. The molecule has 0 saturated carbocycles. The van der Waals surface area contributed by atoms with Gasteiger partial charge < -0.3 is 18.9 Å². The second kappa shape index (κ2) is 17.2. The predicted octanol–water partition coefficient (Wildman–Crippen LogP) is 12.5. The summed E-state index contributed by atoms with van der Waals surface area (Å²) in [6.45, 7) is 0. The summed E-state index contributed by atoms with van der Waals surface area (Å²) in [7, 11) is 0. The summed E-state index contributed by atoms with van der Waals surface area (Å²) in [6.07, 6.45) is 0. The molecule has 0 amide bonds. The van der Waals surface area contributed by atoms with Gasteiger partial charge in [-0.25, -0.2) is 0 Å². The Balaban J connectivity index is 0.820. The van der Waals surface area contributed by atoms with E-state index < -0.39 is 0 Å². The van der Waals surface area contributed by atoms with Crippen LogP contribution in [0.1, 0.15) is 47.8 Å². The van der Waals surface area contributed by atoms with Crippen molar-refractivity contribution < 1.29 is 33.3 Å². The van der Waals surface area contributed by atoms with Crippen LogP contribution in [0.3, 0.4) is 0 Å². The molecular weight excluding hydrogens is 725 g/mol. The third-order valence-corrected chi connectivity index (χ3v) is 9.13. The van der Waals surface area contributed by atoms with E-state index in [1.807, 2.05) is 60.7 Å². The van der Waals surface area contributed by atoms with E-state index in [9.17, 15) is 14.4 Å². The summed E-state index contributed by atoms with van der Waals surface area (Å²) in [5.41, 5.74) is 3.15. The molecule has 0 aliphatic heterocycles. The molecule has 0 aliphatic rings. The van der Waals surface area contributed by atoms with E-state index in [-0.39, 0.29) is 17.3 Å². The van der Waals surface area contributed by atoms with Crippen molar-refractivity contribution in [2.75, 3.05) is 0 Å². The van der Waals surface area contributed by atoms with Gasteiger partial charge in [0.05, 0.1) is 0 Å². The maximum atomic E-state index is 13.3. The molecule has 0 aromatic heterocycles. The lowest BCUT2D eigenvalue weighted by atomic mass is 10.0. The molecule has 0 N–H and O–H groups in total. The number of benzene rings is 8. The Morgan fingerprint density at radius 2 is 0.362 bits per heavy atom. The van der Waals surface area contributed by atoms with Crippen molar-refractivity contribution >= 4 is 17.3 Å². The molecule has 0 radical (unpaired) electrons. The Hall–Kier alpha value is -8.03. The van der Waals surface area contributed by atoms with E-state index >= 15 is 0 Å². The molecule has 7 nitrogen and oxygen atoms in total. The molecule has 8 rings (SSSR count). The van der Waals surface area contributed by atoms with Gasteiger partial charge >= 0.3 is 0 Å². The number of ether oxygens (including phenoxy) is 4. The zero-order valence-electron chi connectivity index (χ0n) is 31.0. The van der Waals surface area contributed by atoms with E-state index in [2.05, 4.69) is 0 Å². The van der Waals surface area contributed by atoms with Crippen LogP contribution in [0.5, 0.6) is 46.0 Å². The van der Waals surface area contributed by atoms with Crippen molar-refractivity contribution in [1.29, 1.82) is 0 Å². The lowest BCUT2D eigenvalue weighted by Gasteiger charge is -2.09. The molecule has 58 heavy (non-hydrogen) atoms. The van der Waals surface area contributed by atoms with Gasteiger partial charge in [0, 0.05) is 33.4 Å². The topological polar surface area (TPSA) is 88.1 Å². The average molecular weight is 759 g/mol. The van der Waals surface area contributed by atoms with Crippen LogP contribution in [0.4, 0.5) is 0 Å². The summed E-state index contributed by atoms with van der Waals surface area (Å²) in [5.74, 6) is 4.57. The van der Waals surface area contributed by atoms with Crippen molar-refractivity contribution in [2.45, 2.75) is 0 Å². The quantitative estimate of drug-likeness (QED) is 0.102. The van der Waals surface area contributed by atoms with Crippen molar-refractivity contribution in [3.05, 3.63) is 240 Å². The third kappa shape index (κ3) is 9.08. The molecule has 0 bridgehead atoms. The lowest BCUT2D eigenvalue weighted by Crippen LogP contribution is -2.02. The molecular formula is C51H34O7. The van der Waals surface area contributed by atoms with Crippen LogP contribution in [-0.2, 0) is 0 Å². The lowest BCUT2D eigenvalue weighted by molar-refractivity contribution is 0.103. The molecule has 0 aliphatic carbocycles. The summed E-state index contributed by atoms with van der Waals surface area (Å²) in [4.78, 5) is 39.4. The highest BCUT2D eigenvalue weighted by atomic mass is 16.5. The Morgan fingerprint density at radius 1 is 0.207 bits per heavy atom. The summed E-state index contributed by atoms with van der Waals surface area (Å²) >= 11 is 0. The fourth-order valence-electron chi connectivity index (χ4n) is 6.07. The molecule has 0 atom stereocenters. The first-order chi connectivity index (χ1) is 28.4. The van der Waals surface area contributed by atoms with Crippen molar-refractivity contribution in [3.63, 3.8) is 0 Å². The molecule has 0 unspecified atom stereocenters. The minimum atomic E-state index is -0.150. The zero-order valence-corrected chi connectivity index (χ0v) is 31.0. The Kier molecular flexibility index (Phi) is 10.9. The minimum absolute atomic E-state index is 0.114. The molecule has 0 heterocycles. The van der Waals surface area contributed by atoms with Gasteiger partial charge in [0.15, 0.2) is 17.3 Å². The van der Waals surface area contributed by atoms with Gasteiger partial charge in [-0.3, -0.25) is 14.4 Å². The standard InChI is InChI=1S/C51H34O7/c52-49(35-11-23-43(24-12-35)55-41-7-3-1-4-8-41)37-15-27-45(28-16-37)57-47-31-19-39(20-32-47)51(54)40-21-33-48(34-22-40)58-46-29-17-38(18-30-46)50(53)36-13-25-44(26-14-36)56-42-9-5-2-6-10-42/h1-34H. The summed E-state index contributed by atoms with van der Waals surface area (Å²) < 4.78 is 23.6. The van der Waals surface area contributed by atoms with Gasteiger partial charge in [-0.1, -0.05) is 36.4 Å².